The predicted molar refractivity (Wildman–Crippen MR) is 93.2 cm³/mol. The van der Waals surface area contributed by atoms with Gasteiger partial charge >= 0.3 is 0 Å². The van der Waals surface area contributed by atoms with E-state index in [0.717, 1.165) is 37.0 Å². The molecule has 1 aromatic carbocycles. The molecule has 1 amide bonds. The average Bonchev–Trinajstić information content (AvgIpc) is 3.08. The minimum absolute atomic E-state index is 0.138. The van der Waals surface area contributed by atoms with Crippen LogP contribution < -0.4 is 10.9 Å². The van der Waals surface area contributed by atoms with E-state index < -0.39 is 0 Å². The number of aromatic nitrogens is 1. The zero-order valence-corrected chi connectivity index (χ0v) is 13.8. The van der Waals surface area contributed by atoms with Crippen LogP contribution in [0.15, 0.2) is 41.2 Å². The number of rotatable bonds is 5. The molecule has 1 aromatic heterocycles. The van der Waals surface area contributed by atoms with Gasteiger partial charge in [0.2, 0.25) is 0 Å². The van der Waals surface area contributed by atoms with Crippen LogP contribution >= 0.6 is 0 Å². The van der Waals surface area contributed by atoms with Gasteiger partial charge in [-0.15, -0.1) is 0 Å². The Kier molecular flexibility index (Phi) is 5.11. The van der Waals surface area contributed by atoms with Crippen LogP contribution in [0.4, 0.5) is 0 Å². The Morgan fingerprint density at radius 1 is 1.33 bits per heavy atom. The summed E-state index contributed by atoms with van der Waals surface area (Å²) in [5.41, 5.74) is 2.52. The van der Waals surface area contributed by atoms with E-state index in [9.17, 15) is 9.59 Å². The van der Waals surface area contributed by atoms with Crippen molar-refractivity contribution in [1.29, 1.82) is 0 Å². The molecule has 126 valence electrons. The van der Waals surface area contributed by atoms with Crippen molar-refractivity contribution in [3.63, 3.8) is 0 Å². The number of carbonyl (C=O) groups is 1. The summed E-state index contributed by atoms with van der Waals surface area (Å²) in [4.78, 5) is 27.2. The first-order chi connectivity index (χ1) is 11.6. The minimum atomic E-state index is -0.372. The van der Waals surface area contributed by atoms with Crippen LogP contribution in [0.1, 0.15) is 35.2 Å². The van der Waals surface area contributed by atoms with Gasteiger partial charge in [0, 0.05) is 18.8 Å². The first-order valence-electron chi connectivity index (χ1n) is 8.33. The van der Waals surface area contributed by atoms with E-state index >= 15 is 0 Å². The number of carbonyl (C=O) groups excluding carboxylic acids is 1. The Hall–Kier alpha value is -2.40. The Morgan fingerprint density at radius 2 is 2.21 bits per heavy atom. The molecule has 0 bridgehead atoms. The van der Waals surface area contributed by atoms with Gasteiger partial charge in [-0.05, 0) is 49.9 Å². The first kappa shape index (κ1) is 16.5. The second kappa shape index (κ2) is 7.45. The van der Waals surface area contributed by atoms with E-state index in [2.05, 4.69) is 10.3 Å². The van der Waals surface area contributed by atoms with Gasteiger partial charge in [-0.3, -0.25) is 9.59 Å². The predicted octanol–water partition coefficient (Wildman–Crippen LogP) is 2.65. The second-order valence-electron chi connectivity index (χ2n) is 6.16. The van der Waals surface area contributed by atoms with Gasteiger partial charge in [0.1, 0.15) is 5.56 Å². The van der Waals surface area contributed by atoms with Crippen LogP contribution in [0.5, 0.6) is 0 Å². The van der Waals surface area contributed by atoms with Crippen molar-refractivity contribution in [2.24, 2.45) is 0 Å². The number of hydrogen-bond donors (Lipinski definition) is 2. The maximum absolute atomic E-state index is 12.2. The van der Waals surface area contributed by atoms with E-state index in [1.807, 2.05) is 31.2 Å². The van der Waals surface area contributed by atoms with E-state index in [4.69, 9.17) is 4.74 Å². The maximum atomic E-state index is 12.2. The first-order valence-corrected chi connectivity index (χ1v) is 8.33. The molecule has 1 aliphatic heterocycles. The Labute approximate surface area is 141 Å². The molecule has 0 saturated carbocycles. The fraction of sp³-hybridized carbons (Fsp3) is 0.368. The highest BCUT2D eigenvalue weighted by Gasteiger charge is 2.16. The van der Waals surface area contributed by atoms with Gasteiger partial charge in [0.15, 0.2) is 0 Å². The van der Waals surface area contributed by atoms with Gasteiger partial charge in [-0.25, -0.2) is 0 Å². The molecule has 1 unspecified atom stereocenters. The summed E-state index contributed by atoms with van der Waals surface area (Å²) in [6.45, 7) is 3.32. The normalized spacial score (nSPS) is 17.0. The molecule has 1 fully saturated rings. The summed E-state index contributed by atoms with van der Waals surface area (Å²) in [6, 6.07) is 11.2. The fourth-order valence-electron chi connectivity index (χ4n) is 2.95. The lowest BCUT2D eigenvalue weighted by Crippen LogP contribution is -2.31. The Bertz CT molecular complexity index is 776. The summed E-state index contributed by atoms with van der Waals surface area (Å²) in [5, 5.41) is 2.80. The summed E-state index contributed by atoms with van der Waals surface area (Å²) < 4.78 is 5.52. The highest BCUT2D eigenvalue weighted by molar-refractivity contribution is 5.94. The minimum Gasteiger partial charge on any atom is -0.378 e. The number of aryl methyl sites for hydroxylation is 1. The Balaban J connectivity index is 1.65. The van der Waals surface area contributed by atoms with Crippen molar-refractivity contribution < 1.29 is 9.53 Å². The highest BCUT2D eigenvalue weighted by atomic mass is 16.5. The van der Waals surface area contributed by atoms with Gasteiger partial charge in [-0.1, -0.05) is 23.8 Å². The molecule has 2 aromatic rings. The van der Waals surface area contributed by atoms with E-state index in [1.54, 1.807) is 12.1 Å². The Morgan fingerprint density at radius 3 is 2.92 bits per heavy atom. The van der Waals surface area contributed by atoms with Crippen molar-refractivity contribution >= 4 is 5.91 Å². The number of amides is 1. The number of hydrogen-bond acceptors (Lipinski definition) is 3. The zero-order valence-electron chi connectivity index (χ0n) is 13.8. The third-order valence-corrected chi connectivity index (χ3v) is 4.26. The molecule has 5 heteroatoms. The van der Waals surface area contributed by atoms with Crippen molar-refractivity contribution in [3.8, 4) is 11.3 Å². The molecular formula is C19H22N2O3. The number of pyridine rings is 1. The van der Waals surface area contributed by atoms with Crippen LogP contribution in [0.25, 0.3) is 11.3 Å². The number of ether oxygens (including phenoxy) is 1. The van der Waals surface area contributed by atoms with Gasteiger partial charge in [0.25, 0.3) is 11.5 Å². The largest absolute Gasteiger partial charge is 0.378 e. The number of nitrogens with one attached hydrogen (secondary N) is 2. The van der Waals surface area contributed by atoms with E-state index in [-0.39, 0.29) is 23.1 Å². The third kappa shape index (κ3) is 3.92. The lowest BCUT2D eigenvalue weighted by atomic mass is 10.1. The molecule has 5 nitrogen and oxygen atoms in total. The van der Waals surface area contributed by atoms with Crippen molar-refractivity contribution in [2.45, 2.75) is 32.3 Å². The van der Waals surface area contributed by atoms with E-state index in [1.165, 1.54) is 0 Å². The van der Waals surface area contributed by atoms with Crippen LogP contribution in [0.2, 0.25) is 0 Å². The maximum Gasteiger partial charge on any atom is 0.261 e. The topological polar surface area (TPSA) is 71.2 Å². The average molecular weight is 326 g/mol. The molecule has 0 aliphatic carbocycles. The van der Waals surface area contributed by atoms with Crippen molar-refractivity contribution in [3.05, 3.63) is 57.9 Å². The van der Waals surface area contributed by atoms with Gasteiger partial charge < -0.3 is 15.0 Å². The van der Waals surface area contributed by atoms with Crippen LogP contribution in [-0.4, -0.2) is 30.1 Å². The third-order valence-electron chi connectivity index (χ3n) is 4.26. The number of H-pyrrole nitrogens is 1. The monoisotopic (exact) mass is 326 g/mol. The van der Waals surface area contributed by atoms with Gasteiger partial charge in [0.05, 0.1) is 6.10 Å². The lowest BCUT2D eigenvalue weighted by Gasteiger charge is -2.10. The molecule has 2 heterocycles. The quantitative estimate of drug-likeness (QED) is 0.887. The summed E-state index contributed by atoms with van der Waals surface area (Å²) in [6.07, 6.45) is 3.14. The summed E-state index contributed by atoms with van der Waals surface area (Å²) in [7, 11) is 0. The molecule has 1 atom stereocenters. The van der Waals surface area contributed by atoms with E-state index in [0.29, 0.717) is 12.2 Å². The standard InChI is InChI=1S/C19H22N2O3/c1-13-4-2-5-14(12-13)17-8-7-16(19(23)21-17)18(22)20-10-9-15-6-3-11-24-15/h2,4-5,7-8,12,15H,3,6,9-11H2,1H3,(H,20,22)(H,21,23). The second-order valence-corrected chi connectivity index (χ2v) is 6.16. The van der Waals surface area contributed by atoms with Crippen LogP contribution in [-0.2, 0) is 4.74 Å². The van der Waals surface area contributed by atoms with Crippen molar-refractivity contribution in [1.82, 2.24) is 10.3 Å². The lowest BCUT2D eigenvalue weighted by molar-refractivity contribution is 0.0906. The van der Waals surface area contributed by atoms with Crippen LogP contribution in [0.3, 0.4) is 0 Å². The molecule has 1 saturated heterocycles. The number of aromatic amines is 1. The molecular weight excluding hydrogens is 304 g/mol. The van der Waals surface area contributed by atoms with Crippen molar-refractivity contribution in [2.75, 3.05) is 13.2 Å². The zero-order chi connectivity index (χ0) is 16.9. The number of benzene rings is 1. The summed E-state index contributed by atoms with van der Waals surface area (Å²) in [5.74, 6) is -0.343. The fourth-order valence-corrected chi connectivity index (χ4v) is 2.95. The molecule has 24 heavy (non-hydrogen) atoms. The molecule has 0 spiro atoms. The van der Waals surface area contributed by atoms with Gasteiger partial charge in [-0.2, -0.15) is 0 Å². The highest BCUT2D eigenvalue weighted by Crippen LogP contribution is 2.17. The van der Waals surface area contributed by atoms with Crippen LogP contribution in [0, 0.1) is 6.92 Å². The molecule has 1 aliphatic rings. The molecule has 2 N–H and O–H groups in total. The SMILES string of the molecule is Cc1cccc(-c2ccc(C(=O)NCCC3CCCO3)c(=O)[nH]2)c1. The molecule has 0 radical (unpaired) electrons. The smallest absolute Gasteiger partial charge is 0.261 e. The molecule has 3 rings (SSSR count). The summed E-state index contributed by atoms with van der Waals surface area (Å²) >= 11 is 0.